The van der Waals surface area contributed by atoms with E-state index < -0.39 is 0 Å². The van der Waals surface area contributed by atoms with Gasteiger partial charge >= 0.3 is 0 Å². The Hall–Kier alpha value is -4.60. The summed E-state index contributed by atoms with van der Waals surface area (Å²) in [6, 6.07) is 1.90. The third-order valence-corrected chi connectivity index (χ3v) is 7.74. The SMILES string of the molecule is C=C=C(NCCN1CCCCC1(C)CC=C)c1cnc(C)c(NC(=O)C(=C)C)c1.C=C=C1C=CC=CC(/C(C=C)=C/N(C)C)=C1.CC.[HH].[HH].[HH]. The van der Waals surface area contributed by atoms with Gasteiger partial charge in [0.1, 0.15) is 0 Å². The number of hydrogen-bond acceptors (Lipinski definition) is 5. The summed E-state index contributed by atoms with van der Waals surface area (Å²) >= 11 is 0. The molecule has 1 unspecified atom stereocenters. The number of likely N-dealkylation sites (tertiary alicyclic amines) is 1. The van der Waals surface area contributed by atoms with Gasteiger partial charge in [0, 0.05) is 66.1 Å². The van der Waals surface area contributed by atoms with Crippen LogP contribution in [0, 0.1) is 6.92 Å². The van der Waals surface area contributed by atoms with Gasteiger partial charge in [0.05, 0.1) is 17.1 Å². The second-order valence-electron chi connectivity index (χ2n) is 11.7. The minimum absolute atomic E-state index is 0. The lowest BCUT2D eigenvalue weighted by Crippen LogP contribution is -2.51. The van der Waals surface area contributed by atoms with Crippen LogP contribution in [0.3, 0.4) is 0 Å². The van der Waals surface area contributed by atoms with Crippen LogP contribution in [0.25, 0.3) is 5.70 Å². The van der Waals surface area contributed by atoms with Crippen LogP contribution < -0.4 is 10.6 Å². The number of nitrogens with zero attached hydrogens (tertiary/aromatic N) is 3. The van der Waals surface area contributed by atoms with Crippen molar-refractivity contribution in [1.82, 2.24) is 20.1 Å². The summed E-state index contributed by atoms with van der Waals surface area (Å²) in [4.78, 5) is 20.9. The highest BCUT2D eigenvalue weighted by Crippen LogP contribution is 2.31. The number of rotatable bonds is 12. The summed E-state index contributed by atoms with van der Waals surface area (Å²) in [7, 11) is 3.99. The molecule has 1 aliphatic heterocycles. The smallest absolute Gasteiger partial charge is 0.250 e. The van der Waals surface area contributed by atoms with Gasteiger partial charge < -0.3 is 15.5 Å². The van der Waals surface area contributed by atoms with E-state index >= 15 is 0 Å². The summed E-state index contributed by atoms with van der Waals surface area (Å²) in [5.41, 5.74) is 12.7. The molecule has 0 aromatic carbocycles. The number of allylic oxidation sites excluding steroid dienone is 9. The molecule has 0 radical (unpaired) electrons. The molecule has 1 saturated heterocycles. The lowest BCUT2D eigenvalue weighted by atomic mass is 9.85. The molecule has 2 aliphatic rings. The van der Waals surface area contributed by atoms with Gasteiger partial charge in [-0.05, 0) is 75.9 Å². The van der Waals surface area contributed by atoms with Crippen molar-refractivity contribution in [3.05, 3.63) is 139 Å². The number of aryl methyl sites for hydroxylation is 1. The molecule has 0 spiro atoms. The summed E-state index contributed by atoms with van der Waals surface area (Å²) < 4.78 is 0. The highest BCUT2D eigenvalue weighted by atomic mass is 16.1. The van der Waals surface area contributed by atoms with Crippen molar-refractivity contribution in [3.8, 4) is 0 Å². The molecular weight excluding hydrogens is 578 g/mol. The van der Waals surface area contributed by atoms with Gasteiger partial charge in [0.2, 0.25) is 0 Å². The number of hydrogen-bond donors (Lipinski definition) is 2. The molecule has 6 nitrogen and oxygen atoms in total. The molecule has 1 fully saturated rings. The topological polar surface area (TPSA) is 60.5 Å². The molecule has 258 valence electrons. The van der Waals surface area contributed by atoms with Crippen molar-refractivity contribution < 1.29 is 9.07 Å². The van der Waals surface area contributed by atoms with Crippen LogP contribution in [0.15, 0.2) is 128 Å². The van der Waals surface area contributed by atoms with Crippen molar-refractivity contribution in [1.29, 1.82) is 0 Å². The first kappa shape index (κ1) is 40.4. The highest BCUT2D eigenvalue weighted by molar-refractivity contribution is 6.03. The minimum atomic E-state index is -0.212. The van der Waals surface area contributed by atoms with Gasteiger partial charge in [-0.25, -0.2) is 0 Å². The third kappa shape index (κ3) is 13.3. The number of piperidine rings is 1. The van der Waals surface area contributed by atoms with E-state index in [1.807, 2.05) is 88.5 Å². The van der Waals surface area contributed by atoms with E-state index in [-0.39, 0.29) is 15.7 Å². The van der Waals surface area contributed by atoms with Crippen LogP contribution in [0.4, 0.5) is 5.69 Å². The first-order valence-corrected chi connectivity index (χ1v) is 16.4. The molecule has 1 aliphatic carbocycles. The van der Waals surface area contributed by atoms with E-state index in [1.54, 1.807) is 13.1 Å². The molecule has 47 heavy (non-hydrogen) atoms. The molecule has 1 aromatic heterocycles. The second kappa shape index (κ2) is 21.2. The van der Waals surface area contributed by atoms with Gasteiger partial charge in [0.25, 0.3) is 5.91 Å². The Morgan fingerprint density at radius 3 is 2.49 bits per heavy atom. The van der Waals surface area contributed by atoms with Crippen molar-refractivity contribution in [2.24, 2.45) is 0 Å². The van der Waals surface area contributed by atoms with Crippen molar-refractivity contribution >= 4 is 17.3 Å². The number of aromatic nitrogens is 1. The number of carbonyl (C=O) groups excluding carboxylic acids is 1. The first-order valence-electron chi connectivity index (χ1n) is 16.4. The molecule has 2 N–H and O–H groups in total. The van der Waals surface area contributed by atoms with Crippen molar-refractivity contribution in [2.45, 2.75) is 65.8 Å². The number of anilines is 1. The van der Waals surface area contributed by atoms with Crippen molar-refractivity contribution in [3.63, 3.8) is 0 Å². The molecule has 1 amide bonds. The van der Waals surface area contributed by atoms with E-state index in [4.69, 9.17) is 0 Å². The number of nitrogens with one attached hydrogen (secondary N) is 2. The zero-order valence-corrected chi connectivity index (χ0v) is 30.0. The zero-order chi connectivity index (χ0) is 35.4. The maximum absolute atomic E-state index is 12.0. The predicted molar refractivity (Wildman–Crippen MR) is 210 cm³/mol. The highest BCUT2D eigenvalue weighted by Gasteiger charge is 2.32. The quantitative estimate of drug-likeness (QED) is 0.103. The largest absolute Gasteiger partial charge is 0.383 e. The standard InChI is InChI=1S/C24H34N4O.C15H17N.C2H6.3H2/c1-7-11-24(6)12-9-10-14-28(24)15-13-25-21(8-2)20-16-22(19(5)26-17-20)27-23(29)18(3)4;1-5-13-9-7-8-10-15(11-13)14(6-2)12-16(3)4;1-2;;;/h7,16-17,25H,1-3,9-15H2,4-6H3,(H,27,29);6-12H,1-2H2,3-4H3;1-2H3;3*1H/b;14-12+;;;;. The maximum atomic E-state index is 12.0. The Kier molecular flexibility index (Phi) is 18.3. The monoisotopic (exact) mass is 642 g/mol. The lowest BCUT2D eigenvalue weighted by molar-refractivity contribution is -0.112. The molecule has 0 bridgehead atoms. The van der Waals surface area contributed by atoms with Crippen molar-refractivity contribution in [2.75, 3.05) is 39.0 Å². The summed E-state index contributed by atoms with van der Waals surface area (Å²) in [5, 5.41) is 6.29. The van der Waals surface area contributed by atoms with Crippen LogP contribution in [-0.4, -0.2) is 60.0 Å². The van der Waals surface area contributed by atoms with Crippen LogP contribution in [0.2, 0.25) is 0 Å². The molecule has 3 rings (SSSR count). The Labute approximate surface area is 289 Å². The number of pyridine rings is 1. The maximum Gasteiger partial charge on any atom is 0.250 e. The molecule has 1 atom stereocenters. The van der Waals surface area contributed by atoms with E-state index in [1.165, 1.54) is 19.3 Å². The predicted octanol–water partition coefficient (Wildman–Crippen LogP) is 9.59. The van der Waals surface area contributed by atoms with Gasteiger partial charge in [-0.1, -0.05) is 77.0 Å². The average molecular weight is 642 g/mol. The van der Waals surface area contributed by atoms with E-state index in [2.05, 4.69) is 77.9 Å². The Bertz CT molecular complexity index is 1490. The fourth-order valence-electron chi connectivity index (χ4n) is 5.16. The molecular formula is C41H63N5O. The van der Waals surface area contributed by atoms with Gasteiger partial charge in [-0.15, -0.1) is 18.0 Å². The molecule has 0 saturated carbocycles. The van der Waals surface area contributed by atoms with E-state index in [9.17, 15) is 4.79 Å². The molecule has 1 aromatic rings. The number of amides is 1. The fraction of sp³-hybridized carbons (Fsp3) is 0.366. The Morgan fingerprint density at radius 1 is 1.19 bits per heavy atom. The van der Waals surface area contributed by atoms with Crippen LogP contribution >= 0.6 is 0 Å². The van der Waals surface area contributed by atoms with Gasteiger partial charge in [0.15, 0.2) is 0 Å². The zero-order valence-electron chi connectivity index (χ0n) is 30.0. The van der Waals surface area contributed by atoms with Gasteiger partial charge in [-0.2, -0.15) is 0 Å². The third-order valence-electron chi connectivity index (χ3n) is 7.74. The van der Waals surface area contributed by atoms with Gasteiger partial charge in [-0.3, -0.25) is 14.7 Å². The van der Waals surface area contributed by atoms with E-state index in [0.29, 0.717) is 11.3 Å². The summed E-state index contributed by atoms with van der Waals surface area (Å²) in [6.45, 7) is 31.6. The first-order chi connectivity index (χ1) is 22.5. The average Bonchev–Trinajstić information content (AvgIpc) is 3.31. The Balaban J connectivity index is -0.000000902. The normalized spacial score (nSPS) is 17.1. The van der Waals surface area contributed by atoms with Crippen LogP contribution in [0.1, 0.15) is 68.9 Å². The van der Waals surface area contributed by atoms with Crippen LogP contribution in [-0.2, 0) is 4.79 Å². The summed E-state index contributed by atoms with van der Waals surface area (Å²) in [6.07, 6.45) is 22.5. The second-order valence-corrected chi connectivity index (χ2v) is 11.7. The minimum Gasteiger partial charge on any atom is -0.383 e. The van der Waals surface area contributed by atoms with Crippen LogP contribution in [0.5, 0.6) is 0 Å². The number of carbonyl (C=O) groups is 1. The Morgan fingerprint density at radius 2 is 1.89 bits per heavy atom. The lowest BCUT2D eigenvalue weighted by Gasteiger charge is -2.45. The van der Waals surface area contributed by atoms with E-state index in [0.717, 1.165) is 59.7 Å². The summed E-state index contributed by atoms with van der Waals surface area (Å²) in [5.74, 6) is -0.212. The fourth-order valence-corrected chi connectivity index (χ4v) is 5.16. The molecule has 2 heterocycles. The molecule has 6 heteroatoms.